The molecular formula is C30H29ClFNO3. The van der Waals surface area contributed by atoms with E-state index in [1.165, 1.54) is 6.07 Å². The van der Waals surface area contributed by atoms with E-state index in [9.17, 15) is 14.3 Å². The fourth-order valence-electron chi connectivity index (χ4n) is 5.11. The number of benzene rings is 4. The Morgan fingerprint density at radius 1 is 1.03 bits per heavy atom. The molecule has 0 saturated carbocycles. The van der Waals surface area contributed by atoms with Crippen molar-refractivity contribution in [2.45, 2.75) is 37.8 Å². The van der Waals surface area contributed by atoms with Gasteiger partial charge in [-0.25, -0.2) is 9.18 Å². The largest absolute Gasteiger partial charge is 0.490 e. The fraction of sp³-hybridized carbons (Fsp3) is 0.233. The highest BCUT2D eigenvalue weighted by atomic mass is 35.5. The van der Waals surface area contributed by atoms with Crippen LogP contribution in [0.4, 0.5) is 4.39 Å². The summed E-state index contributed by atoms with van der Waals surface area (Å²) >= 11 is 0. The number of hydrogen-bond donors (Lipinski definition) is 2. The molecule has 0 fully saturated rings. The van der Waals surface area contributed by atoms with Crippen molar-refractivity contribution in [3.63, 3.8) is 0 Å². The zero-order chi connectivity index (χ0) is 24.4. The number of aromatic carboxylic acids is 1. The van der Waals surface area contributed by atoms with Gasteiger partial charge in [-0.15, -0.1) is 12.4 Å². The van der Waals surface area contributed by atoms with Crippen molar-refractivity contribution in [3.05, 3.63) is 113 Å². The normalized spacial score (nSPS) is 17.5. The first-order valence-corrected chi connectivity index (χ1v) is 12.0. The summed E-state index contributed by atoms with van der Waals surface area (Å²) in [5.74, 6) is -0.200. The topological polar surface area (TPSA) is 58.6 Å². The average Bonchev–Trinajstić information content (AvgIpc) is 2.88. The van der Waals surface area contributed by atoms with E-state index in [-0.39, 0.29) is 36.3 Å². The highest BCUT2D eigenvalue weighted by Gasteiger charge is 2.29. The number of ether oxygens (including phenoxy) is 1. The third-order valence-corrected chi connectivity index (χ3v) is 6.91. The number of para-hydroxylation sites is 1. The van der Waals surface area contributed by atoms with E-state index in [0.29, 0.717) is 10.9 Å². The molecule has 4 nitrogen and oxygen atoms in total. The average molecular weight is 506 g/mol. The summed E-state index contributed by atoms with van der Waals surface area (Å²) < 4.78 is 20.6. The maximum Gasteiger partial charge on any atom is 0.335 e. The van der Waals surface area contributed by atoms with Crippen molar-refractivity contribution >= 4 is 29.1 Å². The van der Waals surface area contributed by atoms with Gasteiger partial charge in [0.05, 0.1) is 5.56 Å². The van der Waals surface area contributed by atoms with Crippen LogP contribution in [0.2, 0.25) is 0 Å². The van der Waals surface area contributed by atoms with Crippen molar-refractivity contribution < 1.29 is 19.0 Å². The zero-order valence-electron chi connectivity index (χ0n) is 20.0. The molecule has 0 aromatic heterocycles. The molecule has 1 aliphatic rings. The Morgan fingerprint density at radius 2 is 1.78 bits per heavy atom. The number of carbonyl (C=O) groups is 1. The first kappa shape index (κ1) is 25.7. The molecule has 0 amide bonds. The molecular weight excluding hydrogens is 477 g/mol. The predicted molar refractivity (Wildman–Crippen MR) is 143 cm³/mol. The lowest BCUT2D eigenvalue weighted by Crippen LogP contribution is -2.31. The van der Waals surface area contributed by atoms with Crippen molar-refractivity contribution in [1.29, 1.82) is 0 Å². The molecule has 2 unspecified atom stereocenters. The smallest absolute Gasteiger partial charge is 0.335 e. The highest BCUT2D eigenvalue weighted by molar-refractivity contribution is 5.88. The molecule has 3 atom stereocenters. The van der Waals surface area contributed by atoms with Crippen molar-refractivity contribution in [2.24, 2.45) is 0 Å². The molecule has 1 heterocycles. The summed E-state index contributed by atoms with van der Waals surface area (Å²) in [5, 5.41) is 14.6. The Balaban J connectivity index is 0.00000304. The molecule has 186 valence electrons. The van der Waals surface area contributed by atoms with Gasteiger partial charge in [-0.05, 0) is 67.1 Å². The summed E-state index contributed by atoms with van der Waals surface area (Å²) in [5.41, 5.74) is 3.44. The maximum absolute atomic E-state index is 14.2. The van der Waals surface area contributed by atoms with Gasteiger partial charge in [0, 0.05) is 22.9 Å². The summed E-state index contributed by atoms with van der Waals surface area (Å²) in [6.45, 7) is 2.83. The first-order valence-electron chi connectivity index (χ1n) is 12.0. The second-order valence-electron chi connectivity index (χ2n) is 9.14. The summed E-state index contributed by atoms with van der Waals surface area (Å²) in [6.07, 6.45) is 1.57. The van der Waals surface area contributed by atoms with Crippen molar-refractivity contribution in [1.82, 2.24) is 5.32 Å². The molecule has 1 aliphatic heterocycles. The van der Waals surface area contributed by atoms with Gasteiger partial charge in [0.1, 0.15) is 17.7 Å². The van der Waals surface area contributed by atoms with Crippen molar-refractivity contribution in [2.75, 3.05) is 6.54 Å². The molecule has 0 saturated heterocycles. The predicted octanol–water partition coefficient (Wildman–Crippen LogP) is 7.12. The Hall–Kier alpha value is -3.41. The number of fused-ring (bicyclic) bond motifs is 2. The van der Waals surface area contributed by atoms with Gasteiger partial charge >= 0.3 is 5.97 Å². The number of rotatable bonds is 7. The summed E-state index contributed by atoms with van der Waals surface area (Å²) in [4.78, 5) is 11.5. The van der Waals surface area contributed by atoms with Crippen LogP contribution >= 0.6 is 12.4 Å². The molecule has 5 rings (SSSR count). The number of nitrogens with one attached hydrogen (secondary N) is 1. The third kappa shape index (κ3) is 5.23. The van der Waals surface area contributed by atoms with E-state index >= 15 is 0 Å². The minimum absolute atomic E-state index is 0. The molecule has 6 heteroatoms. The van der Waals surface area contributed by atoms with E-state index < -0.39 is 5.97 Å². The van der Waals surface area contributed by atoms with Crippen LogP contribution in [0.1, 0.15) is 58.8 Å². The fourth-order valence-corrected chi connectivity index (χ4v) is 5.11. The Morgan fingerprint density at radius 3 is 2.58 bits per heavy atom. The maximum atomic E-state index is 14.2. The molecule has 0 spiro atoms. The van der Waals surface area contributed by atoms with Gasteiger partial charge in [0.15, 0.2) is 0 Å². The first-order chi connectivity index (χ1) is 17.0. The van der Waals surface area contributed by atoms with Crippen LogP contribution in [-0.2, 0) is 0 Å². The Bertz CT molecular complexity index is 1380. The van der Waals surface area contributed by atoms with Crippen molar-refractivity contribution in [3.8, 4) is 5.75 Å². The second-order valence-corrected chi connectivity index (χ2v) is 9.14. The quantitative estimate of drug-likeness (QED) is 0.280. The lowest BCUT2D eigenvalue weighted by Gasteiger charge is -2.33. The second kappa shape index (κ2) is 11.1. The Labute approximate surface area is 216 Å². The van der Waals surface area contributed by atoms with Crippen LogP contribution in [0.25, 0.3) is 10.8 Å². The SMILES string of the molecule is C[C@@H](NCCC1CC(c2cccc(C(=O)O)c2)c2ccccc2O1)c1ccc(F)c2ccccc12.Cl. The van der Waals surface area contributed by atoms with Gasteiger partial charge in [-0.2, -0.15) is 0 Å². The number of hydrogen-bond acceptors (Lipinski definition) is 3. The van der Waals surface area contributed by atoms with Crippen LogP contribution in [0.5, 0.6) is 5.75 Å². The minimum Gasteiger partial charge on any atom is -0.490 e. The third-order valence-electron chi connectivity index (χ3n) is 6.91. The van der Waals surface area contributed by atoms with Gasteiger partial charge in [0.25, 0.3) is 0 Å². The molecule has 0 bridgehead atoms. The van der Waals surface area contributed by atoms with Gasteiger partial charge < -0.3 is 15.2 Å². The number of halogens is 2. The standard InChI is InChI=1S/C30H28FNO3.ClH/c1-19(23-13-14-28(31)25-10-3-2-9-24(23)25)32-16-15-22-18-27(26-11-4-5-12-29(26)35-22)20-7-6-8-21(17-20)30(33)34;/h2-14,17,19,22,27,32H,15-16,18H2,1H3,(H,33,34);1H/t19-,22?,27?;/m1./s1. The van der Waals surface area contributed by atoms with E-state index in [4.69, 9.17) is 4.74 Å². The van der Waals surface area contributed by atoms with Gasteiger partial charge in [0.2, 0.25) is 0 Å². The van der Waals surface area contributed by atoms with Crippen LogP contribution in [-0.4, -0.2) is 23.7 Å². The minimum atomic E-state index is -0.921. The zero-order valence-corrected chi connectivity index (χ0v) is 20.8. The number of carboxylic acids is 1. The van der Waals surface area contributed by atoms with Crippen LogP contribution < -0.4 is 10.1 Å². The number of carboxylic acid groups (broad SMARTS) is 1. The van der Waals surface area contributed by atoms with Gasteiger partial charge in [-0.3, -0.25) is 0 Å². The summed E-state index contributed by atoms with van der Waals surface area (Å²) in [6, 6.07) is 26.2. The molecule has 4 aromatic carbocycles. The molecule has 36 heavy (non-hydrogen) atoms. The molecule has 2 N–H and O–H groups in total. The molecule has 0 radical (unpaired) electrons. The lowest BCUT2D eigenvalue weighted by molar-refractivity contribution is 0.0696. The van der Waals surface area contributed by atoms with Crippen LogP contribution in [0.15, 0.2) is 84.9 Å². The van der Waals surface area contributed by atoms with Crippen LogP contribution in [0, 0.1) is 5.82 Å². The van der Waals surface area contributed by atoms with Gasteiger partial charge in [-0.1, -0.05) is 60.7 Å². The van der Waals surface area contributed by atoms with E-state index in [1.807, 2.05) is 60.7 Å². The van der Waals surface area contributed by atoms with E-state index in [1.54, 1.807) is 12.1 Å². The summed E-state index contributed by atoms with van der Waals surface area (Å²) in [7, 11) is 0. The van der Waals surface area contributed by atoms with E-state index in [2.05, 4.69) is 18.3 Å². The Kier molecular flexibility index (Phi) is 7.92. The van der Waals surface area contributed by atoms with E-state index in [0.717, 1.165) is 47.2 Å². The highest BCUT2D eigenvalue weighted by Crippen LogP contribution is 2.41. The van der Waals surface area contributed by atoms with Crippen LogP contribution in [0.3, 0.4) is 0 Å². The molecule has 0 aliphatic carbocycles. The molecule has 4 aromatic rings. The monoisotopic (exact) mass is 505 g/mol. The lowest BCUT2D eigenvalue weighted by atomic mass is 9.83.